The van der Waals surface area contributed by atoms with Crippen LogP contribution in [-0.2, 0) is 4.74 Å². The molecule has 2 atom stereocenters. The summed E-state index contributed by atoms with van der Waals surface area (Å²) < 4.78 is 5.32. The van der Waals surface area contributed by atoms with E-state index in [0.717, 1.165) is 12.8 Å². The third-order valence-corrected chi connectivity index (χ3v) is 2.82. The molecule has 0 radical (unpaired) electrons. The van der Waals surface area contributed by atoms with Gasteiger partial charge in [0, 0.05) is 6.54 Å². The van der Waals surface area contributed by atoms with Crippen LogP contribution in [0, 0.1) is 5.92 Å². The molecule has 1 saturated heterocycles. The molecule has 0 aromatic heterocycles. The molecule has 1 aliphatic rings. The van der Waals surface area contributed by atoms with Gasteiger partial charge in [0.05, 0.1) is 12.6 Å². The van der Waals surface area contributed by atoms with Crippen LogP contribution in [0.5, 0.6) is 0 Å². The number of aliphatic hydroxyl groups excluding tert-OH is 1. The number of carbonyl (C=O) groups is 1. The number of ether oxygens (including phenoxy) is 1. The van der Waals surface area contributed by atoms with Crippen molar-refractivity contribution in [3.05, 3.63) is 0 Å². The Balaban J connectivity index is 2.60. The Morgan fingerprint density at radius 3 is 2.62 bits per heavy atom. The molecule has 0 saturated carbocycles. The number of amides is 1. The van der Waals surface area contributed by atoms with Crippen molar-refractivity contribution >= 4 is 6.09 Å². The first-order valence-corrected chi connectivity index (χ1v) is 5.94. The second-order valence-corrected chi connectivity index (χ2v) is 5.64. The van der Waals surface area contributed by atoms with Crippen LogP contribution in [0.2, 0.25) is 0 Å². The number of nitrogens with zero attached hydrogens (tertiary/aromatic N) is 1. The second kappa shape index (κ2) is 5.04. The third kappa shape index (κ3) is 3.67. The van der Waals surface area contributed by atoms with Crippen LogP contribution in [0.1, 0.15) is 40.5 Å². The van der Waals surface area contributed by atoms with Gasteiger partial charge in [0.15, 0.2) is 0 Å². The van der Waals surface area contributed by atoms with E-state index in [2.05, 4.69) is 6.92 Å². The Hall–Kier alpha value is -0.770. The average molecular weight is 229 g/mol. The minimum absolute atomic E-state index is 0.0174. The molecule has 1 heterocycles. The molecule has 0 aromatic rings. The van der Waals surface area contributed by atoms with Crippen molar-refractivity contribution in [2.75, 3.05) is 13.2 Å². The maximum absolute atomic E-state index is 11.9. The van der Waals surface area contributed by atoms with Gasteiger partial charge in [-0.05, 0) is 39.5 Å². The van der Waals surface area contributed by atoms with Crippen LogP contribution in [0.15, 0.2) is 0 Å². The van der Waals surface area contributed by atoms with E-state index >= 15 is 0 Å². The van der Waals surface area contributed by atoms with Gasteiger partial charge in [0.25, 0.3) is 0 Å². The van der Waals surface area contributed by atoms with Crippen molar-refractivity contribution in [2.45, 2.75) is 52.2 Å². The first kappa shape index (κ1) is 13.3. The van der Waals surface area contributed by atoms with Gasteiger partial charge < -0.3 is 14.7 Å². The van der Waals surface area contributed by atoms with Crippen molar-refractivity contribution in [1.82, 2.24) is 4.90 Å². The average Bonchev–Trinajstić information content (AvgIpc) is 2.14. The summed E-state index contributed by atoms with van der Waals surface area (Å²) in [6.07, 6.45) is 1.53. The Labute approximate surface area is 97.6 Å². The fourth-order valence-electron chi connectivity index (χ4n) is 1.99. The van der Waals surface area contributed by atoms with E-state index in [9.17, 15) is 9.90 Å². The number of likely N-dealkylation sites (tertiary alicyclic amines) is 1. The summed E-state index contributed by atoms with van der Waals surface area (Å²) in [6.45, 7) is 8.41. The van der Waals surface area contributed by atoms with E-state index in [1.165, 1.54) is 0 Å². The summed E-state index contributed by atoms with van der Waals surface area (Å²) in [7, 11) is 0. The zero-order valence-corrected chi connectivity index (χ0v) is 10.7. The smallest absolute Gasteiger partial charge is 0.410 e. The zero-order valence-electron chi connectivity index (χ0n) is 10.7. The number of hydrogen-bond acceptors (Lipinski definition) is 3. The van der Waals surface area contributed by atoms with E-state index in [-0.39, 0.29) is 18.7 Å². The van der Waals surface area contributed by atoms with Crippen molar-refractivity contribution in [2.24, 2.45) is 5.92 Å². The highest BCUT2D eigenvalue weighted by atomic mass is 16.6. The van der Waals surface area contributed by atoms with Crippen molar-refractivity contribution in [3.63, 3.8) is 0 Å². The van der Waals surface area contributed by atoms with Crippen molar-refractivity contribution in [1.29, 1.82) is 0 Å². The number of rotatable bonds is 1. The normalized spacial score (nSPS) is 26.7. The Morgan fingerprint density at radius 1 is 1.50 bits per heavy atom. The van der Waals surface area contributed by atoms with E-state index in [4.69, 9.17) is 4.74 Å². The molecule has 0 aromatic carbocycles. The lowest BCUT2D eigenvalue weighted by molar-refractivity contribution is -0.00349. The molecule has 0 unspecified atom stereocenters. The lowest BCUT2D eigenvalue weighted by atomic mass is 9.93. The minimum atomic E-state index is -0.472. The molecule has 16 heavy (non-hydrogen) atoms. The van der Waals surface area contributed by atoms with Crippen LogP contribution in [0.4, 0.5) is 4.79 Å². The first-order valence-electron chi connectivity index (χ1n) is 5.94. The summed E-state index contributed by atoms with van der Waals surface area (Å²) >= 11 is 0. The monoisotopic (exact) mass is 229 g/mol. The van der Waals surface area contributed by atoms with Crippen LogP contribution in [0.3, 0.4) is 0 Å². The molecule has 0 aliphatic carbocycles. The predicted molar refractivity (Wildman–Crippen MR) is 62.2 cm³/mol. The highest BCUT2D eigenvalue weighted by Crippen LogP contribution is 2.24. The zero-order chi connectivity index (χ0) is 12.3. The van der Waals surface area contributed by atoms with Crippen molar-refractivity contribution < 1.29 is 14.6 Å². The number of hydrogen-bond donors (Lipinski definition) is 1. The molecule has 94 valence electrons. The van der Waals surface area contributed by atoms with E-state index < -0.39 is 5.60 Å². The molecular weight excluding hydrogens is 206 g/mol. The van der Waals surface area contributed by atoms with Gasteiger partial charge in [-0.3, -0.25) is 0 Å². The lowest BCUT2D eigenvalue weighted by Crippen LogP contribution is -2.49. The SMILES string of the molecule is C[C@H]1CCN(C(=O)OC(C)(C)C)[C@@H](CO)C1. The van der Waals surface area contributed by atoms with Gasteiger partial charge in [-0.1, -0.05) is 6.92 Å². The molecule has 1 fully saturated rings. The van der Waals surface area contributed by atoms with Gasteiger partial charge in [-0.25, -0.2) is 4.79 Å². The van der Waals surface area contributed by atoms with Gasteiger partial charge in [0.1, 0.15) is 5.60 Å². The number of aliphatic hydroxyl groups is 1. The molecule has 4 heteroatoms. The molecular formula is C12H23NO3. The largest absolute Gasteiger partial charge is 0.444 e. The highest BCUT2D eigenvalue weighted by molar-refractivity contribution is 5.68. The minimum Gasteiger partial charge on any atom is -0.444 e. The predicted octanol–water partition coefficient (Wildman–Crippen LogP) is 2.01. The van der Waals surface area contributed by atoms with E-state index in [1.54, 1.807) is 4.90 Å². The number of piperidine rings is 1. The number of carbonyl (C=O) groups excluding carboxylic acids is 1. The molecule has 0 spiro atoms. The third-order valence-electron chi connectivity index (χ3n) is 2.82. The van der Waals surface area contributed by atoms with Gasteiger partial charge >= 0.3 is 6.09 Å². The quantitative estimate of drug-likeness (QED) is 0.748. The highest BCUT2D eigenvalue weighted by Gasteiger charge is 2.32. The molecule has 1 amide bonds. The Kier molecular flexibility index (Phi) is 4.19. The molecule has 1 N–H and O–H groups in total. The summed E-state index contributed by atoms with van der Waals surface area (Å²) in [4.78, 5) is 13.5. The van der Waals surface area contributed by atoms with Crippen LogP contribution in [-0.4, -0.2) is 40.9 Å². The Morgan fingerprint density at radius 2 is 2.12 bits per heavy atom. The van der Waals surface area contributed by atoms with Crippen LogP contribution in [0.25, 0.3) is 0 Å². The summed E-state index contributed by atoms with van der Waals surface area (Å²) in [5.74, 6) is 0.566. The molecule has 4 nitrogen and oxygen atoms in total. The second-order valence-electron chi connectivity index (χ2n) is 5.64. The van der Waals surface area contributed by atoms with Crippen molar-refractivity contribution in [3.8, 4) is 0 Å². The standard InChI is InChI=1S/C12H23NO3/c1-9-5-6-13(10(7-9)8-14)11(15)16-12(2,3)4/h9-10,14H,5-8H2,1-4H3/t9-,10+/m0/s1. The molecule has 1 aliphatic heterocycles. The maximum Gasteiger partial charge on any atom is 0.410 e. The summed E-state index contributed by atoms with van der Waals surface area (Å²) in [5, 5.41) is 9.28. The van der Waals surface area contributed by atoms with E-state index in [0.29, 0.717) is 12.5 Å². The maximum atomic E-state index is 11.9. The van der Waals surface area contributed by atoms with Crippen LogP contribution < -0.4 is 0 Å². The summed E-state index contributed by atoms with van der Waals surface area (Å²) in [5.41, 5.74) is -0.472. The van der Waals surface area contributed by atoms with Gasteiger partial charge in [-0.2, -0.15) is 0 Å². The Bertz CT molecular complexity index is 247. The fourth-order valence-corrected chi connectivity index (χ4v) is 1.99. The molecule has 0 bridgehead atoms. The fraction of sp³-hybridized carbons (Fsp3) is 0.917. The first-order chi connectivity index (χ1) is 7.33. The van der Waals surface area contributed by atoms with Gasteiger partial charge in [-0.15, -0.1) is 0 Å². The topological polar surface area (TPSA) is 49.8 Å². The lowest BCUT2D eigenvalue weighted by Gasteiger charge is -2.38. The van der Waals surface area contributed by atoms with Gasteiger partial charge in [0.2, 0.25) is 0 Å². The molecule has 1 rings (SSSR count). The summed E-state index contributed by atoms with van der Waals surface area (Å²) in [6, 6.07) is -0.0846. The van der Waals surface area contributed by atoms with E-state index in [1.807, 2.05) is 20.8 Å². The van der Waals surface area contributed by atoms with Crippen LogP contribution >= 0.6 is 0 Å².